The lowest BCUT2D eigenvalue weighted by Gasteiger charge is -2.08. The second-order valence-electron chi connectivity index (χ2n) is 2.82. The molecule has 0 heterocycles. The van der Waals surface area contributed by atoms with Gasteiger partial charge in [0.25, 0.3) is 10.8 Å². The Bertz CT molecular complexity index is 375. The molecule has 0 bridgehead atoms. The van der Waals surface area contributed by atoms with Gasteiger partial charge in [-0.05, 0) is 24.6 Å². The van der Waals surface area contributed by atoms with Gasteiger partial charge in [-0.2, -0.15) is 0 Å². The minimum atomic E-state index is -0.897. The standard InChI is InChI=1S/C8H8N2O5/c1-6(15-10(13)14)7-2-4-8(5-3-7)9(11)12/h2-6H,1H3. The largest absolute Gasteiger partial charge is 0.306 e. The van der Waals surface area contributed by atoms with Gasteiger partial charge in [-0.1, -0.05) is 0 Å². The van der Waals surface area contributed by atoms with Gasteiger partial charge >= 0.3 is 0 Å². The third kappa shape index (κ3) is 2.90. The zero-order chi connectivity index (χ0) is 11.4. The lowest BCUT2D eigenvalue weighted by Crippen LogP contribution is -2.05. The maximum atomic E-state index is 10.3. The maximum Gasteiger partial charge on any atom is 0.295 e. The lowest BCUT2D eigenvalue weighted by atomic mass is 10.1. The van der Waals surface area contributed by atoms with E-state index in [4.69, 9.17) is 0 Å². The van der Waals surface area contributed by atoms with Crippen LogP contribution in [0.3, 0.4) is 0 Å². The zero-order valence-corrected chi connectivity index (χ0v) is 7.82. The summed E-state index contributed by atoms with van der Waals surface area (Å²) in [6.07, 6.45) is -0.735. The Hall–Kier alpha value is -2.18. The lowest BCUT2D eigenvalue weighted by molar-refractivity contribution is -0.770. The predicted molar refractivity (Wildman–Crippen MR) is 49.6 cm³/mol. The van der Waals surface area contributed by atoms with Crippen LogP contribution in [0, 0.1) is 20.2 Å². The van der Waals surface area contributed by atoms with E-state index in [1.54, 1.807) is 0 Å². The molecule has 1 rings (SSSR count). The van der Waals surface area contributed by atoms with Gasteiger partial charge < -0.3 is 4.84 Å². The second kappa shape index (κ2) is 4.36. The Labute approximate surface area is 84.5 Å². The van der Waals surface area contributed by atoms with Gasteiger partial charge in [0, 0.05) is 12.1 Å². The Morgan fingerprint density at radius 2 is 1.73 bits per heavy atom. The molecule has 7 nitrogen and oxygen atoms in total. The summed E-state index contributed by atoms with van der Waals surface area (Å²) >= 11 is 0. The van der Waals surface area contributed by atoms with Crippen LogP contribution in [-0.4, -0.2) is 10.0 Å². The number of hydrogen-bond donors (Lipinski definition) is 0. The Morgan fingerprint density at radius 3 is 2.13 bits per heavy atom. The SMILES string of the molecule is CC(O[N+](=O)[O-])c1ccc([N+](=O)[O-])cc1. The Morgan fingerprint density at radius 1 is 1.20 bits per heavy atom. The number of nitro benzene ring substituents is 1. The van der Waals surface area contributed by atoms with Gasteiger partial charge in [0.15, 0.2) is 0 Å². The molecule has 0 saturated heterocycles. The van der Waals surface area contributed by atoms with E-state index in [1.165, 1.54) is 31.2 Å². The number of nitrogens with zero attached hydrogens (tertiary/aromatic N) is 2. The van der Waals surface area contributed by atoms with Crippen LogP contribution in [-0.2, 0) is 4.84 Å². The monoisotopic (exact) mass is 212 g/mol. The third-order valence-corrected chi connectivity index (χ3v) is 1.82. The van der Waals surface area contributed by atoms with E-state index in [1.807, 2.05) is 0 Å². The van der Waals surface area contributed by atoms with Crippen LogP contribution in [0.4, 0.5) is 5.69 Å². The van der Waals surface area contributed by atoms with Crippen molar-refractivity contribution in [2.24, 2.45) is 0 Å². The molecule has 1 aromatic rings. The minimum Gasteiger partial charge on any atom is -0.306 e. The molecule has 1 atom stereocenters. The fourth-order valence-corrected chi connectivity index (χ4v) is 1.06. The first-order chi connectivity index (χ1) is 7.00. The van der Waals surface area contributed by atoms with Crippen molar-refractivity contribution in [3.63, 3.8) is 0 Å². The highest BCUT2D eigenvalue weighted by Crippen LogP contribution is 2.19. The zero-order valence-electron chi connectivity index (χ0n) is 7.82. The summed E-state index contributed by atoms with van der Waals surface area (Å²) < 4.78 is 0. The molecule has 7 heteroatoms. The Balaban J connectivity index is 2.79. The molecule has 0 spiro atoms. The third-order valence-electron chi connectivity index (χ3n) is 1.82. The van der Waals surface area contributed by atoms with Gasteiger partial charge in [-0.15, -0.1) is 10.1 Å². The molecule has 0 amide bonds. The van der Waals surface area contributed by atoms with Crippen molar-refractivity contribution in [3.05, 3.63) is 50.1 Å². The normalized spacial score (nSPS) is 11.8. The summed E-state index contributed by atoms with van der Waals surface area (Å²) in [6.45, 7) is 1.49. The molecule has 15 heavy (non-hydrogen) atoms. The van der Waals surface area contributed by atoms with E-state index in [0.717, 1.165) is 0 Å². The van der Waals surface area contributed by atoms with Crippen LogP contribution < -0.4 is 0 Å². The smallest absolute Gasteiger partial charge is 0.295 e. The fourth-order valence-electron chi connectivity index (χ4n) is 1.06. The summed E-state index contributed by atoms with van der Waals surface area (Å²) in [7, 11) is 0. The van der Waals surface area contributed by atoms with E-state index in [2.05, 4.69) is 4.84 Å². The fraction of sp³-hybridized carbons (Fsp3) is 0.250. The van der Waals surface area contributed by atoms with Crippen molar-refractivity contribution < 1.29 is 14.8 Å². The maximum absolute atomic E-state index is 10.3. The van der Waals surface area contributed by atoms with Gasteiger partial charge in [0.1, 0.15) is 6.10 Å². The highest BCUT2D eigenvalue weighted by atomic mass is 17.0. The summed E-state index contributed by atoms with van der Waals surface area (Å²) in [5.41, 5.74) is 0.448. The highest BCUT2D eigenvalue weighted by molar-refractivity contribution is 5.33. The van der Waals surface area contributed by atoms with E-state index >= 15 is 0 Å². The van der Waals surface area contributed by atoms with Crippen LogP contribution in [0.25, 0.3) is 0 Å². The van der Waals surface area contributed by atoms with Gasteiger partial charge in [-0.25, -0.2) is 0 Å². The first kappa shape index (κ1) is 10.9. The van der Waals surface area contributed by atoms with Crippen molar-refractivity contribution in [1.82, 2.24) is 0 Å². The van der Waals surface area contributed by atoms with E-state index in [0.29, 0.717) is 5.56 Å². The summed E-state index contributed by atoms with van der Waals surface area (Å²) in [5, 5.41) is 19.5. The quantitative estimate of drug-likeness (QED) is 0.560. The van der Waals surface area contributed by atoms with Crippen LogP contribution in [0.2, 0.25) is 0 Å². The summed E-state index contributed by atoms with van der Waals surface area (Å²) in [6, 6.07) is 5.39. The first-order valence-corrected chi connectivity index (χ1v) is 4.06. The van der Waals surface area contributed by atoms with Crippen molar-refractivity contribution in [1.29, 1.82) is 0 Å². The number of rotatable bonds is 4. The number of benzene rings is 1. The second-order valence-corrected chi connectivity index (χ2v) is 2.82. The van der Waals surface area contributed by atoms with Crippen molar-refractivity contribution >= 4 is 5.69 Å². The molecule has 0 saturated carbocycles. The summed E-state index contributed by atoms with van der Waals surface area (Å²) in [5.74, 6) is 0. The van der Waals surface area contributed by atoms with E-state index in [-0.39, 0.29) is 5.69 Å². The number of nitro groups is 1. The molecule has 1 aromatic carbocycles. The molecule has 80 valence electrons. The van der Waals surface area contributed by atoms with Crippen LogP contribution in [0.15, 0.2) is 24.3 Å². The van der Waals surface area contributed by atoms with Gasteiger partial charge in [-0.3, -0.25) is 10.1 Å². The Kier molecular flexibility index (Phi) is 3.17. The van der Waals surface area contributed by atoms with E-state index < -0.39 is 16.1 Å². The van der Waals surface area contributed by atoms with E-state index in [9.17, 15) is 20.2 Å². The molecule has 1 unspecified atom stereocenters. The molecule has 0 aliphatic rings. The van der Waals surface area contributed by atoms with Crippen LogP contribution in [0.1, 0.15) is 18.6 Å². The first-order valence-electron chi connectivity index (χ1n) is 4.06. The number of non-ortho nitro benzene ring substituents is 1. The molecule has 0 radical (unpaired) electrons. The van der Waals surface area contributed by atoms with Crippen LogP contribution >= 0.6 is 0 Å². The van der Waals surface area contributed by atoms with Crippen molar-refractivity contribution in [2.45, 2.75) is 13.0 Å². The molecule has 0 fully saturated rings. The molecule has 0 N–H and O–H groups in total. The summed E-state index contributed by atoms with van der Waals surface area (Å²) in [4.78, 5) is 24.1. The van der Waals surface area contributed by atoms with Crippen molar-refractivity contribution in [3.8, 4) is 0 Å². The van der Waals surface area contributed by atoms with Gasteiger partial charge in [0.05, 0.1) is 4.92 Å². The highest BCUT2D eigenvalue weighted by Gasteiger charge is 2.11. The average Bonchev–Trinajstić information content (AvgIpc) is 2.17. The average molecular weight is 212 g/mol. The van der Waals surface area contributed by atoms with Gasteiger partial charge in [0.2, 0.25) is 0 Å². The minimum absolute atomic E-state index is 0.0629. The molecular weight excluding hydrogens is 204 g/mol. The molecular formula is C8H8N2O5. The van der Waals surface area contributed by atoms with Crippen LogP contribution in [0.5, 0.6) is 0 Å². The molecule has 0 aliphatic carbocycles. The predicted octanol–water partition coefficient (Wildman–Crippen LogP) is 1.86. The number of hydrogen-bond acceptors (Lipinski definition) is 5. The molecule has 0 aliphatic heterocycles. The topological polar surface area (TPSA) is 95.5 Å². The molecule has 0 aromatic heterocycles. The van der Waals surface area contributed by atoms with Crippen molar-refractivity contribution in [2.75, 3.05) is 0 Å².